The molecule has 12 heteroatoms. The molecule has 0 spiro atoms. The van der Waals surface area contributed by atoms with Crippen LogP contribution in [0.5, 0.6) is 5.75 Å². The third-order valence-corrected chi connectivity index (χ3v) is 5.52. The van der Waals surface area contributed by atoms with Crippen LogP contribution in [0.1, 0.15) is 46.6 Å². The monoisotopic (exact) mass is 534 g/mol. The van der Waals surface area contributed by atoms with Crippen molar-refractivity contribution in [3.63, 3.8) is 0 Å². The summed E-state index contributed by atoms with van der Waals surface area (Å²) in [5.41, 5.74) is 0.562. The van der Waals surface area contributed by atoms with Crippen LogP contribution in [0.25, 0.3) is 11.0 Å². The van der Waals surface area contributed by atoms with Crippen LogP contribution < -0.4 is 10.4 Å². The van der Waals surface area contributed by atoms with Crippen LogP contribution in [0.15, 0.2) is 33.5 Å². The number of hydrogen-bond acceptors (Lipinski definition) is 12. The summed E-state index contributed by atoms with van der Waals surface area (Å²) in [6.07, 6.45) is -5.12. The van der Waals surface area contributed by atoms with E-state index in [0.717, 1.165) is 38.1 Å². The molecule has 5 atom stereocenters. The summed E-state index contributed by atoms with van der Waals surface area (Å²) < 4.78 is 38.5. The van der Waals surface area contributed by atoms with Crippen molar-refractivity contribution in [1.29, 1.82) is 0 Å². The van der Waals surface area contributed by atoms with E-state index in [9.17, 15) is 24.0 Å². The number of hydrogen-bond donors (Lipinski definition) is 0. The van der Waals surface area contributed by atoms with Crippen LogP contribution in [0.4, 0.5) is 0 Å². The molecule has 0 N–H and O–H groups in total. The lowest BCUT2D eigenvalue weighted by atomic mass is 9.98. The van der Waals surface area contributed by atoms with E-state index in [-0.39, 0.29) is 17.9 Å². The third-order valence-electron chi connectivity index (χ3n) is 5.52. The van der Waals surface area contributed by atoms with E-state index in [2.05, 4.69) is 0 Å². The predicted molar refractivity (Wildman–Crippen MR) is 129 cm³/mol. The second-order valence-corrected chi connectivity index (χ2v) is 8.68. The molecule has 2 aromatic rings. The van der Waals surface area contributed by atoms with E-state index in [1.54, 1.807) is 12.1 Å². The van der Waals surface area contributed by atoms with Gasteiger partial charge in [0.05, 0.1) is 0 Å². The van der Waals surface area contributed by atoms with Gasteiger partial charge in [-0.15, -0.1) is 0 Å². The number of ether oxygens (including phenoxy) is 6. The summed E-state index contributed by atoms with van der Waals surface area (Å²) in [6, 6.07) is 6.23. The van der Waals surface area contributed by atoms with Crippen molar-refractivity contribution in [3.05, 3.63) is 40.2 Å². The predicted octanol–water partition coefficient (Wildman–Crippen LogP) is 2.21. The van der Waals surface area contributed by atoms with E-state index in [1.807, 2.05) is 6.92 Å². The quantitative estimate of drug-likeness (QED) is 0.263. The molecule has 0 amide bonds. The number of esters is 4. The molecule has 0 saturated carbocycles. The highest BCUT2D eigenvalue weighted by atomic mass is 16.7. The summed E-state index contributed by atoms with van der Waals surface area (Å²) in [7, 11) is 0. The van der Waals surface area contributed by atoms with Crippen molar-refractivity contribution in [1.82, 2.24) is 0 Å². The molecule has 2 heterocycles. The van der Waals surface area contributed by atoms with Gasteiger partial charge >= 0.3 is 29.5 Å². The van der Waals surface area contributed by atoms with Crippen LogP contribution in [0, 0.1) is 0 Å². The SMILES string of the molecule is CCCc1cc(=O)oc2cc(OC3OC(COC(C)=O)C(OC(C)=O)C(OC(C)=O)C3OC(C)=O)ccc12. The minimum Gasteiger partial charge on any atom is -0.463 e. The van der Waals surface area contributed by atoms with Crippen LogP contribution in [0.2, 0.25) is 0 Å². The molecule has 1 aromatic heterocycles. The summed E-state index contributed by atoms with van der Waals surface area (Å²) in [5, 5.41) is 0.723. The Morgan fingerprint density at radius 2 is 1.47 bits per heavy atom. The Kier molecular flexibility index (Phi) is 9.45. The van der Waals surface area contributed by atoms with Crippen molar-refractivity contribution in [2.75, 3.05) is 6.61 Å². The molecular weight excluding hydrogens is 504 g/mol. The zero-order chi connectivity index (χ0) is 28.0. The third kappa shape index (κ3) is 7.31. The summed E-state index contributed by atoms with van der Waals surface area (Å²) in [4.78, 5) is 59.3. The zero-order valence-corrected chi connectivity index (χ0v) is 21.7. The first-order valence-corrected chi connectivity index (χ1v) is 12.0. The van der Waals surface area contributed by atoms with E-state index in [0.29, 0.717) is 6.42 Å². The fourth-order valence-electron chi connectivity index (χ4n) is 4.18. The van der Waals surface area contributed by atoms with Gasteiger partial charge in [-0.25, -0.2) is 4.79 Å². The van der Waals surface area contributed by atoms with E-state index >= 15 is 0 Å². The Labute approximate surface area is 218 Å². The number of carbonyl (C=O) groups is 4. The van der Waals surface area contributed by atoms with Crippen molar-refractivity contribution < 1.29 is 52.0 Å². The van der Waals surface area contributed by atoms with Gasteiger partial charge in [-0.05, 0) is 24.1 Å². The molecule has 12 nitrogen and oxygen atoms in total. The van der Waals surface area contributed by atoms with Gasteiger partial charge in [0.25, 0.3) is 0 Å². The van der Waals surface area contributed by atoms with Crippen LogP contribution >= 0.6 is 0 Å². The highest BCUT2D eigenvalue weighted by Gasteiger charge is 2.53. The lowest BCUT2D eigenvalue weighted by molar-refractivity contribution is -0.288. The maximum Gasteiger partial charge on any atom is 0.336 e. The Hall–Kier alpha value is -3.93. The number of rotatable bonds is 9. The van der Waals surface area contributed by atoms with Gasteiger partial charge in [-0.3, -0.25) is 19.2 Å². The van der Waals surface area contributed by atoms with Crippen molar-refractivity contribution in [2.24, 2.45) is 0 Å². The molecule has 38 heavy (non-hydrogen) atoms. The molecule has 1 saturated heterocycles. The Morgan fingerprint density at radius 3 is 2.08 bits per heavy atom. The molecule has 0 bridgehead atoms. The molecule has 206 valence electrons. The zero-order valence-electron chi connectivity index (χ0n) is 21.7. The smallest absolute Gasteiger partial charge is 0.336 e. The fraction of sp³-hybridized carbons (Fsp3) is 0.500. The second kappa shape index (κ2) is 12.5. The number of fused-ring (bicyclic) bond motifs is 1. The fourth-order valence-corrected chi connectivity index (χ4v) is 4.18. The minimum atomic E-state index is -1.40. The summed E-state index contributed by atoms with van der Waals surface area (Å²) in [5.74, 6) is -2.71. The van der Waals surface area contributed by atoms with Crippen LogP contribution in [-0.4, -0.2) is 61.2 Å². The lowest BCUT2D eigenvalue weighted by Crippen LogP contribution is -2.63. The number of carbonyl (C=O) groups excluding carboxylic acids is 4. The normalized spacial score (nSPS) is 22.8. The molecule has 3 rings (SSSR count). The highest BCUT2D eigenvalue weighted by Crippen LogP contribution is 2.32. The topological polar surface area (TPSA) is 154 Å². The number of benzene rings is 1. The van der Waals surface area contributed by atoms with Crippen LogP contribution in [0.3, 0.4) is 0 Å². The largest absolute Gasteiger partial charge is 0.463 e. The molecule has 0 aliphatic carbocycles. The Morgan fingerprint density at radius 1 is 0.842 bits per heavy atom. The molecule has 1 aliphatic heterocycles. The van der Waals surface area contributed by atoms with Gasteiger partial charge in [0.1, 0.15) is 24.0 Å². The Bertz CT molecular complexity index is 1250. The first kappa shape index (κ1) is 28.6. The highest BCUT2D eigenvalue weighted by molar-refractivity contribution is 5.81. The average Bonchev–Trinajstić information content (AvgIpc) is 2.80. The van der Waals surface area contributed by atoms with Gasteiger partial charge in [0.15, 0.2) is 12.2 Å². The van der Waals surface area contributed by atoms with Gasteiger partial charge in [0.2, 0.25) is 12.4 Å². The first-order valence-electron chi connectivity index (χ1n) is 12.0. The summed E-state index contributed by atoms with van der Waals surface area (Å²) >= 11 is 0. The lowest BCUT2D eigenvalue weighted by Gasteiger charge is -2.43. The van der Waals surface area contributed by atoms with E-state index in [4.69, 9.17) is 32.8 Å². The second-order valence-electron chi connectivity index (χ2n) is 8.68. The molecular formula is C26H30O12. The maximum absolute atomic E-state index is 12.1. The van der Waals surface area contributed by atoms with E-state index < -0.39 is 60.2 Å². The van der Waals surface area contributed by atoms with Crippen molar-refractivity contribution in [2.45, 2.75) is 78.2 Å². The van der Waals surface area contributed by atoms with Crippen LogP contribution in [-0.2, 0) is 49.3 Å². The molecule has 1 aliphatic rings. The van der Waals surface area contributed by atoms with Crippen molar-refractivity contribution in [3.8, 4) is 5.75 Å². The average molecular weight is 535 g/mol. The molecule has 1 fully saturated rings. The van der Waals surface area contributed by atoms with Gasteiger partial charge in [-0.1, -0.05) is 13.3 Å². The number of aryl methyl sites for hydroxylation is 1. The maximum atomic E-state index is 12.1. The Balaban J connectivity index is 2.03. The summed E-state index contributed by atoms with van der Waals surface area (Å²) in [6.45, 7) is 6.17. The van der Waals surface area contributed by atoms with Crippen molar-refractivity contribution >= 4 is 34.8 Å². The standard InChI is InChI=1S/C26H30O12/c1-6-7-17-10-22(31)37-20-11-18(8-9-19(17)20)36-26-25(35-16(5)30)24(34-15(4)29)23(33-14(3)28)21(38-26)12-32-13(2)27/h8-11,21,23-26H,6-7,12H2,1-5H3. The first-order chi connectivity index (χ1) is 18.0. The minimum absolute atomic E-state index is 0.176. The van der Waals surface area contributed by atoms with Gasteiger partial charge < -0.3 is 32.8 Å². The van der Waals surface area contributed by atoms with E-state index in [1.165, 1.54) is 19.1 Å². The molecule has 1 aromatic carbocycles. The molecule has 0 radical (unpaired) electrons. The van der Waals surface area contributed by atoms with Gasteiger partial charge in [-0.2, -0.15) is 0 Å². The molecule has 5 unspecified atom stereocenters. The van der Waals surface area contributed by atoms with Gasteiger partial charge in [0, 0.05) is 45.2 Å².